The van der Waals surface area contributed by atoms with Crippen molar-refractivity contribution in [2.75, 3.05) is 6.54 Å². The Kier molecular flexibility index (Phi) is 6.40. The molecule has 4 aromatic rings. The van der Waals surface area contributed by atoms with E-state index in [1.54, 1.807) is 41.1 Å². The predicted molar refractivity (Wildman–Crippen MR) is 126 cm³/mol. The zero-order valence-electron chi connectivity index (χ0n) is 16.2. The molecule has 31 heavy (non-hydrogen) atoms. The SMILES string of the molecule is O=S(=O)(NC[C@H](c1cccs1)S(=O)(=O)c1cccs1)c1ccc(-c2ccccc2)cc1. The van der Waals surface area contributed by atoms with Crippen LogP contribution in [-0.2, 0) is 19.9 Å². The molecule has 9 heteroatoms. The lowest BCUT2D eigenvalue weighted by atomic mass is 10.1. The van der Waals surface area contributed by atoms with Gasteiger partial charge >= 0.3 is 0 Å². The number of sulfonamides is 1. The maximum Gasteiger partial charge on any atom is 0.240 e. The Morgan fingerprint density at radius 3 is 1.97 bits per heavy atom. The highest BCUT2D eigenvalue weighted by Crippen LogP contribution is 2.33. The summed E-state index contributed by atoms with van der Waals surface area (Å²) >= 11 is 2.42. The van der Waals surface area contributed by atoms with Crippen LogP contribution in [0.4, 0.5) is 0 Å². The van der Waals surface area contributed by atoms with Crippen LogP contribution in [0.15, 0.2) is 98.7 Å². The van der Waals surface area contributed by atoms with E-state index in [9.17, 15) is 16.8 Å². The molecular formula is C22H19NO4S4. The summed E-state index contributed by atoms with van der Waals surface area (Å²) < 4.78 is 54.7. The van der Waals surface area contributed by atoms with Crippen LogP contribution in [0.1, 0.15) is 10.1 Å². The number of hydrogen-bond acceptors (Lipinski definition) is 6. The number of benzene rings is 2. The van der Waals surface area contributed by atoms with Crippen LogP contribution in [0.2, 0.25) is 0 Å². The Morgan fingerprint density at radius 2 is 1.35 bits per heavy atom. The van der Waals surface area contributed by atoms with Gasteiger partial charge in [0.25, 0.3) is 0 Å². The fourth-order valence-electron chi connectivity index (χ4n) is 3.13. The molecule has 2 heterocycles. The second kappa shape index (κ2) is 9.05. The summed E-state index contributed by atoms with van der Waals surface area (Å²) in [5.74, 6) is 0. The first-order chi connectivity index (χ1) is 14.9. The van der Waals surface area contributed by atoms with Crippen LogP contribution in [0.25, 0.3) is 11.1 Å². The zero-order valence-corrected chi connectivity index (χ0v) is 19.5. The summed E-state index contributed by atoms with van der Waals surface area (Å²) in [5, 5.41) is 2.48. The lowest BCUT2D eigenvalue weighted by Gasteiger charge is -2.16. The maximum atomic E-state index is 13.1. The van der Waals surface area contributed by atoms with Crippen LogP contribution < -0.4 is 4.72 Å². The Hall–Kier alpha value is -2.30. The van der Waals surface area contributed by atoms with E-state index in [-0.39, 0.29) is 15.6 Å². The third-order valence-corrected chi connectivity index (χ3v) is 10.8. The average molecular weight is 490 g/mol. The molecule has 0 aliphatic carbocycles. The summed E-state index contributed by atoms with van der Waals surface area (Å²) in [6.45, 7) is -0.247. The first-order valence-electron chi connectivity index (χ1n) is 9.34. The minimum Gasteiger partial charge on any atom is -0.222 e. The lowest BCUT2D eigenvalue weighted by molar-refractivity contribution is 0.570. The van der Waals surface area contributed by atoms with Gasteiger partial charge in [-0.25, -0.2) is 21.6 Å². The van der Waals surface area contributed by atoms with Gasteiger partial charge in [0.2, 0.25) is 10.0 Å². The summed E-state index contributed by atoms with van der Waals surface area (Å²) in [6, 6.07) is 22.9. The van der Waals surface area contributed by atoms with Crippen LogP contribution in [0, 0.1) is 0 Å². The van der Waals surface area contributed by atoms with E-state index in [0.717, 1.165) is 22.5 Å². The molecule has 5 nitrogen and oxygen atoms in total. The second-order valence-corrected chi connectivity index (χ2v) is 12.8. The number of rotatable bonds is 8. The van der Waals surface area contributed by atoms with Crippen molar-refractivity contribution >= 4 is 42.5 Å². The predicted octanol–water partition coefficient (Wildman–Crippen LogP) is 4.97. The van der Waals surface area contributed by atoms with Crippen molar-refractivity contribution in [3.8, 4) is 11.1 Å². The molecule has 1 N–H and O–H groups in total. The van der Waals surface area contributed by atoms with Crippen molar-refractivity contribution < 1.29 is 16.8 Å². The van der Waals surface area contributed by atoms with Crippen molar-refractivity contribution in [3.05, 3.63) is 94.5 Å². The van der Waals surface area contributed by atoms with E-state index in [4.69, 9.17) is 0 Å². The molecular weight excluding hydrogens is 471 g/mol. The quantitative estimate of drug-likeness (QED) is 0.379. The fraction of sp³-hybridized carbons (Fsp3) is 0.0909. The lowest BCUT2D eigenvalue weighted by Crippen LogP contribution is -2.31. The van der Waals surface area contributed by atoms with Gasteiger partial charge in [-0.2, -0.15) is 0 Å². The number of nitrogens with one attached hydrogen (secondary N) is 1. The van der Waals surface area contributed by atoms with Crippen molar-refractivity contribution in [3.63, 3.8) is 0 Å². The van der Waals surface area contributed by atoms with Crippen LogP contribution in [0.5, 0.6) is 0 Å². The minimum absolute atomic E-state index is 0.0885. The molecule has 0 bridgehead atoms. The van der Waals surface area contributed by atoms with E-state index in [2.05, 4.69) is 4.72 Å². The molecule has 0 aliphatic heterocycles. The van der Waals surface area contributed by atoms with Crippen molar-refractivity contribution in [1.29, 1.82) is 0 Å². The van der Waals surface area contributed by atoms with E-state index < -0.39 is 25.1 Å². The van der Waals surface area contributed by atoms with E-state index >= 15 is 0 Å². The third kappa shape index (κ3) is 4.81. The molecule has 2 aromatic heterocycles. The molecule has 0 saturated carbocycles. The standard InChI is InChI=1S/C22H19NO4S4/c24-30(25,22-9-5-15-29-22)21(20-8-4-14-28-20)16-23-31(26,27)19-12-10-18(11-13-19)17-6-2-1-3-7-17/h1-15,21,23H,16H2/t21-/m1/s1. The highest BCUT2D eigenvalue weighted by molar-refractivity contribution is 7.94. The monoisotopic (exact) mass is 489 g/mol. The van der Waals surface area contributed by atoms with E-state index in [1.165, 1.54) is 29.5 Å². The number of sulfone groups is 1. The maximum absolute atomic E-state index is 13.1. The Morgan fingerprint density at radius 1 is 0.710 bits per heavy atom. The third-order valence-electron chi connectivity index (χ3n) is 4.74. The molecule has 0 unspecified atom stereocenters. The van der Waals surface area contributed by atoms with Gasteiger partial charge in [0.05, 0.1) is 4.90 Å². The largest absolute Gasteiger partial charge is 0.240 e. The van der Waals surface area contributed by atoms with Gasteiger partial charge in [0.15, 0.2) is 9.84 Å². The zero-order chi connectivity index (χ0) is 21.9. The van der Waals surface area contributed by atoms with Crippen molar-refractivity contribution in [1.82, 2.24) is 4.72 Å². The summed E-state index contributed by atoms with van der Waals surface area (Å²) in [4.78, 5) is 0.682. The highest BCUT2D eigenvalue weighted by atomic mass is 32.2. The fourth-order valence-corrected chi connectivity index (χ4v) is 8.27. The molecule has 0 saturated heterocycles. The molecule has 0 radical (unpaired) electrons. The second-order valence-electron chi connectivity index (χ2n) is 6.72. The normalized spacial score (nSPS) is 13.2. The van der Waals surface area contributed by atoms with Gasteiger partial charge in [-0.05, 0) is 46.2 Å². The van der Waals surface area contributed by atoms with Crippen LogP contribution in [-0.4, -0.2) is 23.4 Å². The summed E-state index contributed by atoms with van der Waals surface area (Å²) in [5.41, 5.74) is 1.88. The smallest absolute Gasteiger partial charge is 0.222 e. The van der Waals surface area contributed by atoms with Crippen molar-refractivity contribution in [2.24, 2.45) is 0 Å². The van der Waals surface area contributed by atoms with Gasteiger partial charge in [-0.15, -0.1) is 22.7 Å². The summed E-state index contributed by atoms with van der Waals surface area (Å²) in [6.07, 6.45) is 0. The first-order valence-corrected chi connectivity index (χ1v) is 14.1. The molecule has 0 aliphatic rings. The molecule has 160 valence electrons. The van der Waals surface area contributed by atoms with Gasteiger partial charge in [0, 0.05) is 11.4 Å². The topological polar surface area (TPSA) is 80.3 Å². The molecule has 0 fully saturated rings. The Balaban J connectivity index is 1.57. The molecule has 0 amide bonds. The Labute approximate surface area is 190 Å². The summed E-state index contributed by atoms with van der Waals surface area (Å²) in [7, 11) is -7.61. The van der Waals surface area contributed by atoms with Crippen molar-refractivity contribution in [2.45, 2.75) is 14.4 Å². The molecule has 4 rings (SSSR count). The number of thiophene rings is 2. The van der Waals surface area contributed by atoms with E-state index in [0.29, 0.717) is 4.88 Å². The van der Waals surface area contributed by atoms with Gasteiger partial charge in [0.1, 0.15) is 9.46 Å². The molecule has 2 aromatic carbocycles. The molecule has 1 atom stereocenters. The van der Waals surface area contributed by atoms with Crippen LogP contribution >= 0.6 is 22.7 Å². The first kappa shape index (κ1) is 21.9. The number of hydrogen-bond donors (Lipinski definition) is 1. The van der Waals surface area contributed by atoms with E-state index in [1.807, 2.05) is 30.3 Å². The van der Waals surface area contributed by atoms with Gasteiger partial charge in [-0.3, -0.25) is 0 Å². The van der Waals surface area contributed by atoms with Gasteiger partial charge < -0.3 is 0 Å². The minimum atomic E-state index is -3.88. The average Bonchev–Trinajstić information content (AvgIpc) is 3.49. The van der Waals surface area contributed by atoms with Crippen LogP contribution in [0.3, 0.4) is 0 Å². The highest BCUT2D eigenvalue weighted by Gasteiger charge is 2.32. The molecule has 0 spiro atoms. The Bertz CT molecular complexity index is 1330. The van der Waals surface area contributed by atoms with Gasteiger partial charge in [-0.1, -0.05) is 54.6 Å².